The fraction of sp³-hybridized carbons (Fsp3) is 0.367. The Balaban J connectivity index is 1.22. The molecular weight excluding hydrogens is 498 g/mol. The summed E-state index contributed by atoms with van der Waals surface area (Å²) in [6, 6.07) is 17.2. The molecule has 7 nitrogen and oxygen atoms in total. The monoisotopic (exact) mass is 531 g/mol. The number of nitrogens with zero attached hydrogens (tertiary/aromatic N) is 4. The number of carbonyl (C=O) groups is 2. The van der Waals surface area contributed by atoms with Crippen molar-refractivity contribution in [1.82, 2.24) is 15.2 Å². The molecule has 2 heterocycles. The zero-order valence-corrected chi connectivity index (χ0v) is 22.9. The van der Waals surface area contributed by atoms with E-state index in [2.05, 4.69) is 21.3 Å². The second kappa shape index (κ2) is 11.0. The Morgan fingerprint density at radius 1 is 1.00 bits per heavy atom. The first kappa shape index (κ1) is 26.0. The zero-order valence-electron chi connectivity index (χ0n) is 22.2. The Morgan fingerprint density at radius 2 is 1.76 bits per heavy atom. The van der Waals surface area contributed by atoms with Crippen LogP contribution in [-0.4, -0.2) is 62.0 Å². The van der Waals surface area contributed by atoms with Gasteiger partial charge in [0.1, 0.15) is 5.82 Å². The molecule has 2 aromatic carbocycles. The molecule has 1 atom stereocenters. The van der Waals surface area contributed by atoms with Gasteiger partial charge in [-0.25, -0.2) is 4.98 Å². The van der Waals surface area contributed by atoms with Crippen LogP contribution in [-0.2, 0) is 6.42 Å². The standard InChI is InChI=1S/C30H34ClN5O2/c1-34(2)28-13-11-23(19-32-28)36-16-14-22(15-17-36)35(3)30(38)21-9-8-20-10-12-27(25(20)18-21)33-29(37)24-6-4-5-7-26(24)31/h4-9,11,13,18-19,22,27H,10,12,14-17H2,1-3H3,(H,33,37)/t27-/m1/s1. The number of hydrogen-bond acceptors (Lipinski definition) is 5. The van der Waals surface area contributed by atoms with Crippen LogP contribution >= 0.6 is 11.6 Å². The zero-order chi connectivity index (χ0) is 26.8. The third-order valence-electron chi connectivity index (χ3n) is 7.78. The smallest absolute Gasteiger partial charge is 0.253 e. The number of aryl methyl sites for hydroxylation is 1. The second-order valence-electron chi connectivity index (χ2n) is 10.4. The van der Waals surface area contributed by atoms with E-state index in [1.807, 2.05) is 67.5 Å². The Hall–Kier alpha value is -3.58. The summed E-state index contributed by atoms with van der Waals surface area (Å²) in [6.45, 7) is 1.76. The van der Waals surface area contributed by atoms with E-state index in [9.17, 15) is 9.59 Å². The summed E-state index contributed by atoms with van der Waals surface area (Å²) in [7, 11) is 5.87. The lowest BCUT2D eigenvalue weighted by Gasteiger charge is -2.38. The van der Waals surface area contributed by atoms with Crippen LogP contribution < -0.4 is 15.1 Å². The number of anilines is 2. The minimum absolute atomic E-state index is 0.0198. The van der Waals surface area contributed by atoms with Gasteiger partial charge in [0.15, 0.2) is 0 Å². The van der Waals surface area contributed by atoms with Crippen molar-refractivity contribution >= 4 is 34.9 Å². The molecule has 1 aromatic heterocycles. The summed E-state index contributed by atoms with van der Waals surface area (Å²) in [6.07, 6.45) is 5.41. The molecule has 38 heavy (non-hydrogen) atoms. The van der Waals surface area contributed by atoms with Crippen LogP contribution in [0.2, 0.25) is 5.02 Å². The molecular formula is C30H34ClN5O2. The third-order valence-corrected chi connectivity index (χ3v) is 8.11. The van der Waals surface area contributed by atoms with Gasteiger partial charge in [-0.05, 0) is 73.2 Å². The molecule has 0 unspecified atom stereocenters. The van der Waals surface area contributed by atoms with Crippen molar-refractivity contribution in [2.45, 2.75) is 37.8 Å². The summed E-state index contributed by atoms with van der Waals surface area (Å²) < 4.78 is 0. The number of piperidine rings is 1. The van der Waals surface area contributed by atoms with Crippen molar-refractivity contribution in [2.75, 3.05) is 44.0 Å². The summed E-state index contributed by atoms with van der Waals surface area (Å²) in [5.74, 6) is 0.765. The maximum absolute atomic E-state index is 13.5. The van der Waals surface area contributed by atoms with Crippen LogP contribution in [0.3, 0.4) is 0 Å². The first-order chi connectivity index (χ1) is 18.3. The van der Waals surface area contributed by atoms with Crippen molar-refractivity contribution in [2.24, 2.45) is 0 Å². The molecule has 0 spiro atoms. The molecule has 1 aliphatic carbocycles. The summed E-state index contributed by atoms with van der Waals surface area (Å²) >= 11 is 6.22. The number of amides is 2. The largest absolute Gasteiger partial charge is 0.370 e. The third kappa shape index (κ3) is 5.34. The molecule has 1 fully saturated rings. The number of pyridine rings is 1. The highest BCUT2D eigenvalue weighted by Crippen LogP contribution is 2.33. The maximum atomic E-state index is 13.5. The van der Waals surface area contributed by atoms with E-state index < -0.39 is 0 Å². The van der Waals surface area contributed by atoms with Gasteiger partial charge >= 0.3 is 0 Å². The van der Waals surface area contributed by atoms with Crippen LogP contribution in [0, 0.1) is 0 Å². The van der Waals surface area contributed by atoms with Crippen LogP contribution in [0.15, 0.2) is 60.8 Å². The quantitative estimate of drug-likeness (QED) is 0.487. The van der Waals surface area contributed by atoms with E-state index in [0.29, 0.717) is 16.1 Å². The van der Waals surface area contributed by atoms with Crippen molar-refractivity contribution in [3.8, 4) is 0 Å². The summed E-state index contributed by atoms with van der Waals surface area (Å²) in [5.41, 5.74) is 4.44. The lowest BCUT2D eigenvalue weighted by Crippen LogP contribution is -2.45. The van der Waals surface area contributed by atoms with E-state index in [1.165, 1.54) is 5.56 Å². The summed E-state index contributed by atoms with van der Waals surface area (Å²) in [4.78, 5) is 37.1. The molecule has 2 amide bonds. The van der Waals surface area contributed by atoms with E-state index >= 15 is 0 Å². The van der Waals surface area contributed by atoms with Crippen LogP contribution in [0.4, 0.5) is 11.5 Å². The predicted octanol–water partition coefficient (Wildman–Crippen LogP) is 4.96. The highest BCUT2D eigenvalue weighted by Gasteiger charge is 2.29. The van der Waals surface area contributed by atoms with E-state index in [1.54, 1.807) is 18.2 Å². The minimum Gasteiger partial charge on any atom is -0.370 e. The predicted molar refractivity (Wildman–Crippen MR) is 152 cm³/mol. The van der Waals surface area contributed by atoms with Gasteiger partial charge in [-0.2, -0.15) is 0 Å². The Morgan fingerprint density at radius 3 is 2.45 bits per heavy atom. The average molecular weight is 532 g/mol. The Labute approximate surface area is 229 Å². The number of carbonyl (C=O) groups excluding carboxylic acids is 2. The molecule has 5 rings (SSSR count). The van der Waals surface area contributed by atoms with Gasteiger partial charge in [0, 0.05) is 45.8 Å². The minimum atomic E-state index is -0.194. The van der Waals surface area contributed by atoms with Crippen molar-refractivity contribution in [3.63, 3.8) is 0 Å². The maximum Gasteiger partial charge on any atom is 0.253 e. The number of nitrogens with one attached hydrogen (secondary N) is 1. The molecule has 8 heteroatoms. The fourth-order valence-corrected chi connectivity index (χ4v) is 5.70. The van der Waals surface area contributed by atoms with E-state index in [4.69, 9.17) is 11.6 Å². The number of rotatable bonds is 6. The molecule has 1 aliphatic heterocycles. The lowest BCUT2D eigenvalue weighted by molar-refractivity contribution is 0.0709. The average Bonchev–Trinajstić information content (AvgIpc) is 3.34. The van der Waals surface area contributed by atoms with Gasteiger partial charge in [-0.1, -0.05) is 29.8 Å². The molecule has 3 aromatic rings. The molecule has 1 N–H and O–H groups in total. The first-order valence-corrected chi connectivity index (χ1v) is 13.5. The van der Waals surface area contributed by atoms with Gasteiger partial charge in [0.2, 0.25) is 0 Å². The molecule has 0 saturated carbocycles. The van der Waals surface area contributed by atoms with Crippen LogP contribution in [0.25, 0.3) is 0 Å². The van der Waals surface area contributed by atoms with Gasteiger partial charge in [-0.15, -0.1) is 0 Å². The van der Waals surface area contributed by atoms with Crippen molar-refractivity contribution in [3.05, 3.63) is 88.1 Å². The molecule has 2 aliphatic rings. The SMILES string of the molecule is CN(C)c1ccc(N2CCC(N(C)C(=O)c3ccc4c(c3)[C@H](NC(=O)c3ccccc3Cl)CC4)CC2)cn1. The summed E-state index contributed by atoms with van der Waals surface area (Å²) in [5, 5.41) is 3.55. The number of fused-ring (bicyclic) bond motifs is 1. The highest BCUT2D eigenvalue weighted by molar-refractivity contribution is 6.33. The van der Waals surface area contributed by atoms with Crippen LogP contribution in [0.5, 0.6) is 0 Å². The number of benzene rings is 2. The van der Waals surface area contributed by atoms with E-state index in [0.717, 1.165) is 55.8 Å². The van der Waals surface area contributed by atoms with Crippen molar-refractivity contribution in [1.29, 1.82) is 0 Å². The number of aromatic nitrogens is 1. The molecule has 1 saturated heterocycles. The Bertz CT molecular complexity index is 1320. The molecule has 0 radical (unpaired) electrons. The first-order valence-electron chi connectivity index (χ1n) is 13.2. The van der Waals surface area contributed by atoms with Gasteiger partial charge in [0.25, 0.3) is 11.8 Å². The number of halogens is 1. The van der Waals surface area contributed by atoms with Crippen molar-refractivity contribution < 1.29 is 9.59 Å². The lowest BCUT2D eigenvalue weighted by atomic mass is 10.00. The topological polar surface area (TPSA) is 68.8 Å². The highest BCUT2D eigenvalue weighted by atomic mass is 35.5. The number of hydrogen-bond donors (Lipinski definition) is 1. The Kier molecular flexibility index (Phi) is 7.56. The fourth-order valence-electron chi connectivity index (χ4n) is 5.48. The van der Waals surface area contributed by atoms with E-state index in [-0.39, 0.29) is 23.9 Å². The van der Waals surface area contributed by atoms with Gasteiger partial charge < -0.3 is 20.0 Å². The molecule has 198 valence electrons. The van der Waals surface area contributed by atoms with Gasteiger partial charge in [0.05, 0.1) is 28.5 Å². The van der Waals surface area contributed by atoms with Gasteiger partial charge in [-0.3, -0.25) is 9.59 Å². The second-order valence-corrected chi connectivity index (χ2v) is 10.8. The molecule has 0 bridgehead atoms. The normalized spacial score (nSPS) is 17.2. The van der Waals surface area contributed by atoms with Crippen LogP contribution in [0.1, 0.15) is 57.1 Å².